The Labute approximate surface area is 165 Å². The molecule has 0 fully saturated rings. The van der Waals surface area contributed by atoms with Crippen molar-refractivity contribution in [2.45, 2.75) is 13.0 Å². The Morgan fingerprint density at radius 1 is 1.46 bits per heavy atom. The molecule has 1 aliphatic heterocycles. The molecule has 0 amide bonds. The number of hydrogen-bond donors (Lipinski definition) is 1. The average Bonchev–Trinajstić information content (AvgIpc) is 3.15. The molecule has 26 heavy (non-hydrogen) atoms. The average molecular weight is 487 g/mol. The summed E-state index contributed by atoms with van der Waals surface area (Å²) in [6.07, 6.45) is 2.87. The Morgan fingerprint density at radius 3 is 2.88 bits per heavy atom. The van der Waals surface area contributed by atoms with E-state index in [1.807, 2.05) is 0 Å². The third-order valence-corrected chi connectivity index (χ3v) is 4.88. The van der Waals surface area contributed by atoms with Gasteiger partial charge in [0.2, 0.25) is 5.96 Å². The van der Waals surface area contributed by atoms with Crippen LogP contribution in [-0.4, -0.2) is 38.6 Å². The largest absolute Gasteiger partial charge is 0.463 e. The summed E-state index contributed by atoms with van der Waals surface area (Å²) in [5, 5.41) is 7.51. The van der Waals surface area contributed by atoms with Gasteiger partial charge in [0.1, 0.15) is 24.5 Å². The van der Waals surface area contributed by atoms with E-state index in [9.17, 15) is 9.18 Å². The molecule has 7 nitrogen and oxygen atoms in total. The van der Waals surface area contributed by atoms with E-state index in [1.165, 1.54) is 29.5 Å². The molecule has 1 N–H and O–H groups in total. The number of carbonyl (C=O) groups is 1. The second kappa shape index (κ2) is 8.09. The van der Waals surface area contributed by atoms with Gasteiger partial charge in [-0.15, -0.1) is 0 Å². The van der Waals surface area contributed by atoms with Gasteiger partial charge in [-0.2, -0.15) is 9.78 Å². The highest BCUT2D eigenvalue weighted by molar-refractivity contribution is 9.10. The Hall–Kier alpha value is -2.07. The van der Waals surface area contributed by atoms with Gasteiger partial charge in [0, 0.05) is 15.5 Å². The van der Waals surface area contributed by atoms with Crippen molar-refractivity contribution in [3.63, 3.8) is 0 Å². The van der Waals surface area contributed by atoms with Crippen LogP contribution >= 0.6 is 31.9 Å². The van der Waals surface area contributed by atoms with Crippen LogP contribution in [-0.2, 0) is 9.53 Å². The molecule has 136 valence electrons. The molecule has 2 aromatic rings. The van der Waals surface area contributed by atoms with Crippen molar-refractivity contribution in [1.82, 2.24) is 20.1 Å². The van der Waals surface area contributed by atoms with Crippen molar-refractivity contribution >= 4 is 43.8 Å². The van der Waals surface area contributed by atoms with Crippen molar-refractivity contribution in [2.24, 2.45) is 4.99 Å². The molecule has 10 heteroatoms. The van der Waals surface area contributed by atoms with Crippen molar-refractivity contribution in [1.29, 1.82) is 0 Å². The lowest BCUT2D eigenvalue weighted by molar-refractivity contribution is -0.138. The lowest BCUT2D eigenvalue weighted by atomic mass is 9.96. The topological polar surface area (TPSA) is 81.4 Å². The van der Waals surface area contributed by atoms with Gasteiger partial charge in [0.15, 0.2) is 0 Å². The molecule has 1 aromatic heterocycles. The minimum atomic E-state index is -0.697. The van der Waals surface area contributed by atoms with Crippen LogP contribution in [0.1, 0.15) is 18.5 Å². The summed E-state index contributed by atoms with van der Waals surface area (Å²) in [4.78, 5) is 21.1. The quantitative estimate of drug-likeness (QED) is 0.530. The van der Waals surface area contributed by atoms with Crippen molar-refractivity contribution in [3.8, 4) is 0 Å². The molecule has 0 spiro atoms. The molecule has 3 rings (SSSR count). The van der Waals surface area contributed by atoms with Crippen LogP contribution in [0.25, 0.3) is 0 Å². The number of aromatic nitrogens is 3. The molecule has 0 bridgehead atoms. The van der Waals surface area contributed by atoms with E-state index in [1.54, 1.807) is 13.0 Å². The maximum Gasteiger partial charge on any atom is 0.338 e. The first-order valence-electron chi connectivity index (χ1n) is 7.66. The number of alkyl halides is 1. The monoisotopic (exact) mass is 485 g/mol. The summed E-state index contributed by atoms with van der Waals surface area (Å²) < 4.78 is 20.7. The number of nitrogens with zero attached hydrogens (tertiary/aromatic N) is 4. The second-order valence-electron chi connectivity index (χ2n) is 5.23. The third-order valence-electron chi connectivity index (χ3n) is 3.63. The summed E-state index contributed by atoms with van der Waals surface area (Å²) in [5.74, 6) is -0.485. The standard InChI is InChI=1S/C16H14Br2FN5O2/c1-2-26-15(25)13-12(6-17)22-16(24-8-20-7-21-24)23-14(13)10-4-3-9(19)5-11(10)18/h3-5,7-8,14H,2,6H2,1H3,(H,22,23). The number of esters is 1. The number of ether oxygens (including phenoxy) is 1. The van der Waals surface area contributed by atoms with Gasteiger partial charge in [0.05, 0.1) is 12.2 Å². The lowest BCUT2D eigenvalue weighted by Crippen LogP contribution is -2.38. The predicted octanol–water partition coefficient (Wildman–Crippen LogP) is 2.94. The first-order valence-corrected chi connectivity index (χ1v) is 9.57. The molecule has 2 heterocycles. The van der Waals surface area contributed by atoms with Gasteiger partial charge in [-0.25, -0.2) is 19.2 Å². The Balaban J connectivity index is 2.15. The van der Waals surface area contributed by atoms with Crippen molar-refractivity contribution in [2.75, 3.05) is 11.9 Å². The molecule has 1 aromatic carbocycles. The normalized spacial score (nSPS) is 16.9. The number of halogens is 3. The highest BCUT2D eigenvalue weighted by atomic mass is 79.9. The maximum absolute atomic E-state index is 13.5. The molecule has 1 atom stereocenters. The summed E-state index contributed by atoms with van der Waals surface area (Å²) >= 11 is 6.75. The van der Waals surface area contributed by atoms with E-state index < -0.39 is 17.8 Å². The summed E-state index contributed by atoms with van der Waals surface area (Å²) in [5.41, 5.74) is 1.57. The minimum Gasteiger partial charge on any atom is -0.463 e. The fraction of sp³-hybridized carbons (Fsp3) is 0.250. The molecule has 1 unspecified atom stereocenters. The Bertz CT molecular complexity index is 883. The smallest absolute Gasteiger partial charge is 0.338 e. The summed E-state index contributed by atoms with van der Waals surface area (Å²) in [6.45, 7) is 1.96. The highest BCUT2D eigenvalue weighted by Crippen LogP contribution is 2.36. The number of carbonyl (C=O) groups excluding carboxylic acids is 1. The molecule has 1 aliphatic rings. The molecular weight excluding hydrogens is 473 g/mol. The zero-order valence-corrected chi connectivity index (χ0v) is 16.8. The maximum atomic E-state index is 13.5. The molecule has 0 saturated heterocycles. The van der Waals surface area contributed by atoms with E-state index in [0.717, 1.165) is 0 Å². The van der Waals surface area contributed by atoms with Gasteiger partial charge in [0.25, 0.3) is 0 Å². The van der Waals surface area contributed by atoms with Crippen molar-refractivity contribution in [3.05, 3.63) is 58.0 Å². The van der Waals surface area contributed by atoms with Crippen LogP contribution in [0.4, 0.5) is 4.39 Å². The third kappa shape index (κ3) is 3.70. The fourth-order valence-corrected chi connectivity index (χ4v) is 3.53. The van der Waals surface area contributed by atoms with Crippen LogP contribution < -0.4 is 5.32 Å². The van der Waals surface area contributed by atoms with E-state index >= 15 is 0 Å². The van der Waals surface area contributed by atoms with Crippen LogP contribution in [0.5, 0.6) is 0 Å². The van der Waals surface area contributed by atoms with E-state index in [2.05, 4.69) is 52.3 Å². The van der Waals surface area contributed by atoms with Gasteiger partial charge in [-0.1, -0.05) is 37.9 Å². The zero-order valence-electron chi connectivity index (χ0n) is 13.6. The number of allylic oxidation sites excluding steroid dienone is 1. The van der Waals surface area contributed by atoms with Gasteiger partial charge in [-0.3, -0.25) is 0 Å². The number of hydrogen-bond acceptors (Lipinski definition) is 6. The number of aliphatic imine (C=N–C) groups is 1. The SMILES string of the molecule is CCOC(=O)C1=C(CBr)NC(n2cncn2)=NC1c1ccc(F)cc1Br. The van der Waals surface area contributed by atoms with Crippen LogP contribution in [0, 0.1) is 5.82 Å². The van der Waals surface area contributed by atoms with E-state index in [0.29, 0.717) is 32.6 Å². The van der Waals surface area contributed by atoms with E-state index in [4.69, 9.17) is 4.74 Å². The zero-order chi connectivity index (χ0) is 18.7. The lowest BCUT2D eigenvalue weighted by Gasteiger charge is -2.27. The van der Waals surface area contributed by atoms with E-state index in [-0.39, 0.29) is 6.61 Å². The number of nitrogens with one attached hydrogen (secondary N) is 1. The minimum absolute atomic E-state index is 0.231. The highest BCUT2D eigenvalue weighted by Gasteiger charge is 2.33. The van der Waals surface area contributed by atoms with Gasteiger partial charge >= 0.3 is 5.97 Å². The first-order chi connectivity index (χ1) is 12.5. The molecule has 0 aliphatic carbocycles. The molecular formula is C16H14Br2FN5O2. The summed E-state index contributed by atoms with van der Waals surface area (Å²) in [7, 11) is 0. The number of benzene rings is 1. The fourth-order valence-electron chi connectivity index (χ4n) is 2.52. The summed E-state index contributed by atoms with van der Waals surface area (Å²) in [6, 6.07) is 3.54. The number of rotatable bonds is 4. The van der Waals surface area contributed by atoms with Crippen molar-refractivity contribution < 1.29 is 13.9 Å². The second-order valence-corrected chi connectivity index (χ2v) is 6.65. The Morgan fingerprint density at radius 2 is 2.27 bits per heavy atom. The van der Waals surface area contributed by atoms with Gasteiger partial charge in [-0.05, 0) is 24.6 Å². The van der Waals surface area contributed by atoms with Crippen LogP contribution in [0.15, 0.2) is 51.6 Å². The molecule has 0 radical (unpaired) electrons. The Kier molecular flexibility index (Phi) is 5.82. The van der Waals surface area contributed by atoms with Crippen LogP contribution in [0.2, 0.25) is 0 Å². The van der Waals surface area contributed by atoms with Gasteiger partial charge < -0.3 is 10.1 Å². The molecule has 0 saturated carbocycles. The first kappa shape index (κ1) is 18.7. The van der Waals surface area contributed by atoms with Crippen LogP contribution in [0.3, 0.4) is 0 Å². The predicted molar refractivity (Wildman–Crippen MR) is 100 cm³/mol.